The number of H-pyrrole nitrogens is 1. The lowest BCUT2D eigenvalue weighted by molar-refractivity contribution is -0.117. The number of rotatable bonds is 6. The molecule has 6 nitrogen and oxygen atoms in total. The highest BCUT2D eigenvalue weighted by atomic mass is 16.1. The molecule has 1 unspecified atom stereocenters. The van der Waals surface area contributed by atoms with Crippen LogP contribution >= 0.6 is 0 Å². The first kappa shape index (κ1) is 18.6. The smallest absolute Gasteiger partial charge is 0.224 e. The zero-order chi connectivity index (χ0) is 18.5. The number of nitrogens with zero attached hydrogens (tertiary/aromatic N) is 2. The predicted molar refractivity (Wildman–Crippen MR) is 104 cm³/mol. The van der Waals surface area contributed by atoms with Crippen molar-refractivity contribution in [2.24, 2.45) is 11.8 Å². The van der Waals surface area contributed by atoms with E-state index >= 15 is 0 Å². The second kappa shape index (κ2) is 8.45. The molecular formula is C20H29N5O. The molecule has 2 heterocycles. The fraction of sp³-hybridized carbons (Fsp3) is 0.550. The van der Waals surface area contributed by atoms with Crippen molar-refractivity contribution in [2.45, 2.75) is 46.0 Å². The molecule has 6 heteroatoms. The Morgan fingerprint density at radius 1 is 1.23 bits per heavy atom. The summed E-state index contributed by atoms with van der Waals surface area (Å²) in [5, 5.41) is 13.7. The second-order valence-electron chi connectivity index (χ2n) is 7.56. The molecule has 1 aliphatic heterocycles. The molecule has 1 atom stereocenters. The molecule has 1 fully saturated rings. The molecule has 0 saturated carbocycles. The third-order valence-corrected chi connectivity index (χ3v) is 5.19. The Labute approximate surface area is 155 Å². The van der Waals surface area contributed by atoms with Crippen LogP contribution in [0.5, 0.6) is 0 Å². The van der Waals surface area contributed by atoms with Gasteiger partial charge in [-0.1, -0.05) is 32.9 Å². The van der Waals surface area contributed by atoms with Gasteiger partial charge in [0.15, 0.2) is 5.82 Å². The molecule has 1 aromatic carbocycles. The average molecular weight is 355 g/mol. The van der Waals surface area contributed by atoms with Crippen LogP contribution in [0.2, 0.25) is 0 Å². The molecule has 3 N–H and O–H groups in total. The minimum atomic E-state index is 0.0584. The number of benzene rings is 1. The molecule has 1 amide bonds. The van der Waals surface area contributed by atoms with E-state index in [1.165, 1.54) is 0 Å². The number of carbonyl (C=O) groups excluding carboxylic acids is 1. The highest BCUT2D eigenvalue weighted by molar-refractivity contribution is 5.94. The fourth-order valence-electron chi connectivity index (χ4n) is 3.51. The molecule has 3 rings (SSSR count). The Morgan fingerprint density at radius 3 is 2.65 bits per heavy atom. The van der Waals surface area contributed by atoms with E-state index in [2.05, 4.69) is 46.6 Å². The van der Waals surface area contributed by atoms with Gasteiger partial charge < -0.3 is 10.6 Å². The lowest BCUT2D eigenvalue weighted by Crippen LogP contribution is -2.32. The third-order valence-electron chi connectivity index (χ3n) is 5.19. The lowest BCUT2D eigenvalue weighted by atomic mass is 9.84. The number of aromatic nitrogens is 3. The van der Waals surface area contributed by atoms with Crippen molar-refractivity contribution >= 4 is 11.6 Å². The molecule has 1 saturated heterocycles. The maximum Gasteiger partial charge on any atom is 0.224 e. The van der Waals surface area contributed by atoms with Crippen LogP contribution in [-0.4, -0.2) is 34.2 Å². The SMILES string of the molecule is CC(C)c1nc(-c2ccccc2NC(=O)CC(C)C2CCNCC2)n[nH]1. The van der Waals surface area contributed by atoms with E-state index in [4.69, 9.17) is 0 Å². The minimum absolute atomic E-state index is 0.0584. The van der Waals surface area contributed by atoms with Gasteiger partial charge >= 0.3 is 0 Å². The largest absolute Gasteiger partial charge is 0.325 e. The molecule has 1 aromatic heterocycles. The summed E-state index contributed by atoms with van der Waals surface area (Å²) in [6.45, 7) is 8.44. The second-order valence-corrected chi connectivity index (χ2v) is 7.56. The molecule has 0 bridgehead atoms. The summed E-state index contributed by atoms with van der Waals surface area (Å²) in [5.41, 5.74) is 1.61. The van der Waals surface area contributed by atoms with Crippen molar-refractivity contribution in [3.63, 3.8) is 0 Å². The Morgan fingerprint density at radius 2 is 1.96 bits per heavy atom. The summed E-state index contributed by atoms with van der Waals surface area (Å²) in [5.74, 6) is 2.82. The predicted octanol–water partition coefficient (Wildman–Crippen LogP) is 3.56. The summed E-state index contributed by atoms with van der Waals surface area (Å²) in [4.78, 5) is 17.1. The van der Waals surface area contributed by atoms with Crippen LogP contribution in [0.3, 0.4) is 0 Å². The zero-order valence-electron chi connectivity index (χ0n) is 15.9. The first-order valence-corrected chi connectivity index (χ1v) is 9.57. The fourth-order valence-corrected chi connectivity index (χ4v) is 3.51. The topological polar surface area (TPSA) is 82.7 Å². The Bertz CT molecular complexity index is 733. The van der Waals surface area contributed by atoms with Crippen molar-refractivity contribution in [3.8, 4) is 11.4 Å². The van der Waals surface area contributed by atoms with E-state index in [0.29, 0.717) is 24.1 Å². The number of hydrogen-bond donors (Lipinski definition) is 3. The molecule has 0 spiro atoms. The summed E-state index contributed by atoms with van der Waals surface area (Å²) in [7, 11) is 0. The van der Waals surface area contributed by atoms with Gasteiger partial charge in [-0.25, -0.2) is 4.98 Å². The molecule has 140 valence electrons. The monoisotopic (exact) mass is 355 g/mol. The normalized spacial score (nSPS) is 16.6. The van der Waals surface area contributed by atoms with Crippen LogP contribution in [0, 0.1) is 11.8 Å². The lowest BCUT2D eigenvalue weighted by Gasteiger charge is -2.27. The first-order valence-electron chi connectivity index (χ1n) is 9.57. The zero-order valence-corrected chi connectivity index (χ0v) is 15.9. The van der Waals surface area contributed by atoms with Gasteiger partial charge in [-0.05, 0) is 49.9 Å². The number of hydrogen-bond acceptors (Lipinski definition) is 4. The molecule has 0 radical (unpaired) electrons. The maximum absolute atomic E-state index is 12.6. The van der Waals surface area contributed by atoms with Gasteiger partial charge in [0, 0.05) is 17.9 Å². The van der Waals surface area contributed by atoms with E-state index < -0.39 is 0 Å². The van der Waals surface area contributed by atoms with Gasteiger partial charge in [0.1, 0.15) is 5.82 Å². The summed E-state index contributed by atoms with van der Waals surface area (Å²) in [6.07, 6.45) is 2.85. The maximum atomic E-state index is 12.6. The number of piperidine rings is 1. The van der Waals surface area contributed by atoms with Gasteiger partial charge in [-0.2, -0.15) is 5.10 Å². The van der Waals surface area contributed by atoms with E-state index in [0.717, 1.165) is 43.0 Å². The third kappa shape index (κ3) is 4.49. The average Bonchev–Trinajstić information content (AvgIpc) is 3.13. The van der Waals surface area contributed by atoms with Crippen LogP contribution in [0.25, 0.3) is 11.4 Å². The van der Waals surface area contributed by atoms with Crippen LogP contribution in [0.15, 0.2) is 24.3 Å². The number of nitrogens with one attached hydrogen (secondary N) is 3. The van der Waals surface area contributed by atoms with Crippen molar-refractivity contribution in [1.82, 2.24) is 20.5 Å². The molecular weight excluding hydrogens is 326 g/mol. The number of anilines is 1. The number of carbonyl (C=O) groups is 1. The molecule has 2 aromatic rings. The number of para-hydroxylation sites is 1. The van der Waals surface area contributed by atoms with Crippen LogP contribution in [0.4, 0.5) is 5.69 Å². The number of amides is 1. The van der Waals surface area contributed by atoms with E-state index in [9.17, 15) is 4.79 Å². The standard InChI is InChI=1S/C20H29N5O/c1-13(2)19-23-20(25-24-19)16-6-4-5-7-17(16)22-18(26)12-14(3)15-8-10-21-11-9-15/h4-7,13-15,21H,8-12H2,1-3H3,(H,22,26)(H,23,24,25). The first-order chi connectivity index (χ1) is 12.5. The minimum Gasteiger partial charge on any atom is -0.325 e. The van der Waals surface area contributed by atoms with Gasteiger partial charge in [-0.15, -0.1) is 0 Å². The summed E-state index contributed by atoms with van der Waals surface area (Å²) < 4.78 is 0. The van der Waals surface area contributed by atoms with Crippen molar-refractivity contribution in [3.05, 3.63) is 30.1 Å². The van der Waals surface area contributed by atoms with Gasteiger partial charge in [-0.3, -0.25) is 9.89 Å². The van der Waals surface area contributed by atoms with Crippen molar-refractivity contribution < 1.29 is 4.79 Å². The van der Waals surface area contributed by atoms with Gasteiger partial charge in [0.2, 0.25) is 5.91 Å². The molecule has 0 aliphatic carbocycles. The van der Waals surface area contributed by atoms with E-state index in [-0.39, 0.29) is 11.8 Å². The Kier molecular flexibility index (Phi) is 6.04. The molecule has 26 heavy (non-hydrogen) atoms. The van der Waals surface area contributed by atoms with Gasteiger partial charge in [0.05, 0.1) is 5.69 Å². The van der Waals surface area contributed by atoms with Crippen molar-refractivity contribution in [2.75, 3.05) is 18.4 Å². The van der Waals surface area contributed by atoms with Crippen LogP contribution in [-0.2, 0) is 4.79 Å². The highest BCUT2D eigenvalue weighted by Crippen LogP contribution is 2.28. The number of aromatic amines is 1. The van der Waals surface area contributed by atoms with Gasteiger partial charge in [0.25, 0.3) is 0 Å². The van der Waals surface area contributed by atoms with Crippen molar-refractivity contribution in [1.29, 1.82) is 0 Å². The van der Waals surface area contributed by atoms with Crippen LogP contribution in [0.1, 0.15) is 51.8 Å². The Hall–Kier alpha value is -2.21. The summed E-state index contributed by atoms with van der Waals surface area (Å²) >= 11 is 0. The van der Waals surface area contributed by atoms with E-state index in [1.807, 2.05) is 24.3 Å². The highest BCUT2D eigenvalue weighted by Gasteiger charge is 2.22. The Balaban J connectivity index is 1.68. The summed E-state index contributed by atoms with van der Waals surface area (Å²) in [6, 6.07) is 7.71. The van der Waals surface area contributed by atoms with E-state index in [1.54, 1.807) is 0 Å². The van der Waals surface area contributed by atoms with Crippen LogP contribution < -0.4 is 10.6 Å². The quantitative estimate of drug-likeness (QED) is 0.740. The molecule has 1 aliphatic rings.